The number of pyridine rings is 2. The maximum absolute atomic E-state index is 4.77. The van der Waals surface area contributed by atoms with Gasteiger partial charge in [0.15, 0.2) is 0 Å². The van der Waals surface area contributed by atoms with Gasteiger partial charge in [0.1, 0.15) is 0 Å². The molecule has 128 valence electrons. The Morgan fingerprint density at radius 2 is 1.96 bits per heavy atom. The molecule has 1 unspecified atom stereocenters. The minimum Gasteiger partial charge on any atom is -0.315 e. The van der Waals surface area contributed by atoms with Gasteiger partial charge in [-0.2, -0.15) is 0 Å². The van der Waals surface area contributed by atoms with E-state index in [1.165, 1.54) is 28.3 Å². The van der Waals surface area contributed by atoms with E-state index in [0.29, 0.717) is 0 Å². The molecule has 3 aromatic rings. The van der Waals surface area contributed by atoms with Gasteiger partial charge in [0, 0.05) is 43.6 Å². The van der Waals surface area contributed by atoms with Crippen LogP contribution in [0.4, 0.5) is 0 Å². The standard InChI is InChI=1S/C21H24N4/c1-16-3-6-20(24-14-16)21(25-11-2-8-22-10-12-25)18-4-5-19-15-23-9-7-17(19)13-18/h3-7,9,13-15,21-22H,2,8,10-12H2,1H3. The van der Waals surface area contributed by atoms with E-state index < -0.39 is 0 Å². The third-order valence-corrected chi connectivity index (χ3v) is 4.93. The molecule has 0 aliphatic carbocycles. The van der Waals surface area contributed by atoms with E-state index in [4.69, 9.17) is 4.98 Å². The highest BCUT2D eigenvalue weighted by Crippen LogP contribution is 2.30. The Hall–Kier alpha value is -2.30. The minimum absolute atomic E-state index is 0.193. The molecule has 0 amide bonds. The van der Waals surface area contributed by atoms with Gasteiger partial charge in [-0.1, -0.05) is 18.2 Å². The molecule has 1 aliphatic heterocycles. The number of aromatic nitrogens is 2. The SMILES string of the molecule is Cc1ccc(C(c2ccc3cnccc3c2)N2CCCNCC2)nc1. The number of hydrogen-bond acceptors (Lipinski definition) is 4. The number of benzene rings is 1. The van der Waals surface area contributed by atoms with Crippen LogP contribution in [0.5, 0.6) is 0 Å². The molecule has 4 nitrogen and oxygen atoms in total. The van der Waals surface area contributed by atoms with Gasteiger partial charge in [-0.25, -0.2) is 0 Å². The predicted octanol–water partition coefficient (Wildman–Crippen LogP) is 3.32. The van der Waals surface area contributed by atoms with Gasteiger partial charge in [0.05, 0.1) is 11.7 Å². The van der Waals surface area contributed by atoms with Crippen LogP contribution in [-0.4, -0.2) is 41.0 Å². The maximum Gasteiger partial charge on any atom is 0.0777 e. The fourth-order valence-corrected chi connectivity index (χ4v) is 3.61. The van der Waals surface area contributed by atoms with E-state index >= 15 is 0 Å². The molecule has 4 heteroatoms. The summed E-state index contributed by atoms with van der Waals surface area (Å²) in [6.45, 7) is 6.33. The van der Waals surface area contributed by atoms with E-state index in [1.54, 1.807) is 0 Å². The molecule has 4 rings (SSSR count). The molecule has 2 aromatic heterocycles. The van der Waals surface area contributed by atoms with Crippen LogP contribution in [0, 0.1) is 6.92 Å². The third kappa shape index (κ3) is 3.55. The van der Waals surface area contributed by atoms with Gasteiger partial charge in [0.2, 0.25) is 0 Å². The molecule has 25 heavy (non-hydrogen) atoms. The van der Waals surface area contributed by atoms with Crippen molar-refractivity contribution in [3.05, 3.63) is 71.8 Å². The van der Waals surface area contributed by atoms with Crippen LogP contribution < -0.4 is 5.32 Å². The molecular weight excluding hydrogens is 308 g/mol. The summed E-state index contributed by atoms with van der Waals surface area (Å²) < 4.78 is 0. The third-order valence-electron chi connectivity index (χ3n) is 4.93. The second kappa shape index (κ2) is 7.30. The molecule has 1 aromatic carbocycles. The molecule has 1 atom stereocenters. The smallest absolute Gasteiger partial charge is 0.0777 e. The van der Waals surface area contributed by atoms with E-state index in [0.717, 1.165) is 31.9 Å². The molecule has 0 saturated carbocycles. The number of nitrogens with one attached hydrogen (secondary N) is 1. The van der Waals surface area contributed by atoms with Crippen molar-refractivity contribution < 1.29 is 0 Å². The zero-order valence-corrected chi connectivity index (χ0v) is 14.7. The lowest BCUT2D eigenvalue weighted by Gasteiger charge is -2.30. The van der Waals surface area contributed by atoms with Crippen LogP contribution in [0.2, 0.25) is 0 Å². The fraction of sp³-hybridized carbons (Fsp3) is 0.333. The Morgan fingerprint density at radius 1 is 1.00 bits per heavy atom. The molecule has 0 radical (unpaired) electrons. The summed E-state index contributed by atoms with van der Waals surface area (Å²) in [4.78, 5) is 11.5. The van der Waals surface area contributed by atoms with E-state index in [1.807, 2.05) is 18.6 Å². The average Bonchev–Trinajstić information content (AvgIpc) is 2.93. The van der Waals surface area contributed by atoms with Crippen LogP contribution in [-0.2, 0) is 0 Å². The normalized spacial score (nSPS) is 17.3. The van der Waals surface area contributed by atoms with Crippen molar-refractivity contribution in [1.29, 1.82) is 0 Å². The lowest BCUT2D eigenvalue weighted by atomic mass is 9.98. The number of aryl methyl sites for hydroxylation is 1. The van der Waals surface area contributed by atoms with E-state index in [9.17, 15) is 0 Å². The first-order chi connectivity index (χ1) is 12.3. The van der Waals surface area contributed by atoms with Crippen LogP contribution in [0.25, 0.3) is 10.8 Å². The first kappa shape index (κ1) is 16.2. The van der Waals surface area contributed by atoms with Crippen molar-refractivity contribution in [3.63, 3.8) is 0 Å². The maximum atomic E-state index is 4.77. The molecule has 0 spiro atoms. The molecule has 1 aliphatic rings. The Labute approximate surface area is 148 Å². The molecule has 0 bridgehead atoms. The molecule has 1 saturated heterocycles. The zero-order chi connectivity index (χ0) is 17.1. The van der Waals surface area contributed by atoms with Gasteiger partial charge in [0.25, 0.3) is 0 Å². The van der Waals surface area contributed by atoms with E-state index in [2.05, 4.69) is 58.5 Å². The second-order valence-electron chi connectivity index (χ2n) is 6.78. The lowest BCUT2D eigenvalue weighted by molar-refractivity contribution is 0.237. The predicted molar refractivity (Wildman–Crippen MR) is 102 cm³/mol. The van der Waals surface area contributed by atoms with Crippen molar-refractivity contribution in [2.75, 3.05) is 26.2 Å². The first-order valence-electron chi connectivity index (χ1n) is 9.02. The molecular formula is C21H24N4. The summed E-state index contributed by atoms with van der Waals surface area (Å²) in [6.07, 6.45) is 6.93. The number of fused-ring (bicyclic) bond motifs is 1. The summed E-state index contributed by atoms with van der Waals surface area (Å²) in [7, 11) is 0. The Balaban J connectivity index is 1.78. The van der Waals surface area contributed by atoms with Gasteiger partial charge in [-0.15, -0.1) is 0 Å². The minimum atomic E-state index is 0.193. The highest BCUT2D eigenvalue weighted by atomic mass is 15.2. The summed E-state index contributed by atoms with van der Waals surface area (Å²) in [5.41, 5.74) is 3.63. The van der Waals surface area contributed by atoms with Gasteiger partial charge >= 0.3 is 0 Å². The van der Waals surface area contributed by atoms with Crippen molar-refractivity contribution in [1.82, 2.24) is 20.2 Å². The van der Waals surface area contributed by atoms with Gasteiger partial charge in [-0.3, -0.25) is 14.9 Å². The first-order valence-corrected chi connectivity index (χ1v) is 9.02. The summed E-state index contributed by atoms with van der Waals surface area (Å²) in [5.74, 6) is 0. The largest absolute Gasteiger partial charge is 0.315 e. The highest BCUT2D eigenvalue weighted by Gasteiger charge is 2.24. The zero-order valence-electron chi connectivity index (χ0n) is 14.7. The van der Waals surface area contributed by atoms with Crippen LogP contribution in [0.15, 0.2) is 55.0 Å². The van der Waals surface area contributed by atoms with Gasteiger partial charge < -0.3 is 5.32 Å². The lowest BCUT2D eigenvalue weighted by Crippen LogP contribution is -2.33. The number of hydrogen-bond donors (Lipinski definition) is 1. The summed E-state index contributed by atoms with van der Waals surface area (Å²) >= 11 is 0. The Morgan fingerprint density at radius 3 is 2.84 bits per heavy atom. The van der Waals surface area contributed by atoms with Crippen molar-refractivity contribution in [2.24, 2.45) is 0 Å². The average molecular weight is 332 g/mol. The Bertz CT molecular complexity index is 836. The molecule has 1 N–H and O–H groups in total. The number of nitrogens with zero attached hydrogens (tertiary/aromatic N) is 3. The molecule has 3 heterocycles. The number of rotatable bonds is 3. The fourth-order valence-electron chi connectivity index (χ4n) is 3.61. The second-order valence-corrected chi connectivity index (χ2v) is 6.78. The molecule has 1 fully saturated rings. The summed E-state index contributed by atoms with van der Waals surface area (Å²) in [5, 5.41) is 5.92. The van der Waals surface area contributed by atoms with Crippen molar-refractivity contribution in [3.8, 4) is 0 Å². The Kier molecular flexibility index (Phi) is 4.72. The topological polar surface area (TPSA) is 41.1 Å². The van der Waals surface area contributed by atoms with E-state index in [-0.39, 0.29) is 6.04 Å². The highest BCUT2D eigenvalue weighted by molar-refractivity contribution is 5.82. The van der Waals surface area contributed by atoms with Crippen LogP contribution in [0.1, 0.15) is 29.3 Å². The van der Waals surface area contributed by atoms with Crippen LogP contribution in [0.3, 0.4) is 0 Å². The van der Waals surface area contributed by atoms with Crippen molar-refractivity contribution in [2.45, 2.75) is 19.4 Å². The quantitative estimate of drug-likeness (QED) is 0.799. The van der Waals surface area contributed by atoms with Crippen molar-refractivity contribution >= 4 is 10.8 Å². The monoisotopic (exact) mass is 332 g/mol. The van der Waals surface area contributed by atoms with Gasteiger partial charge in [-0.05, 0) is 54.6 Å². The van der Waals surface area contributed by atoms with Crippen LogP contribution >= 0.6 is 0 Å². The summed E-state index contributed by atoms with van der Waals surface area (Å²) in [6, 6.07) is 13.3.